The summed E-state index contributed by atoms with van der Waals surface area (Å²) in [7, 11) is 0. The van der Waals surface area contributed by atoms with Crippen molar-refractivity contribution in [1.82, 2.24) is 0 Å². The molecule has 2 aliphatic heterocycles. The van der Waals surface area contributed by atoms with Crippen LogP contribution < -0.4 is 4.90 Å². The van der Waals surface area contributed by atoms with E-state index >= 15 is 0 Å². The predicted molar refractivity (Wildman–Crippen MR) is 132 cm³/mol. The molecule has 2 saturated heterocycles. The Balaban J connectivity index is 1.57. The topological polar surface area (TPSA) is 80.8 Å². The number of anilines is 1. The smallest absolute Gasteiger partial charge is 0.241 e. The van der Waals surface area contributed by atoms with Gasteiger partial charge < -0.3 is 4.74 Å². The lowest BCUT2D eigenvalue weighted by molar-refractivity contribution is -0.127. The first kappa shape index (κ1) is 21.6. The van der Waals surface area contributed by atoms with E-state index in [4.69, 9.17) is 16.3 Å². The van der Waals surface area contributed by atoms with E-state index in [0.29, 0.717) is 19.8 Å². The molecule has 6 nitrogen and oxygen atoms in total. The van der Waals surface area contributed by atoms with Gasteiger partial charge in [0.2, 0.25) is 29.0 Å². The summed E-state index contributed by atoms with van der Waals surface area (Å²) in [5.74, 6) is -4.62. The monoisotopic (exact) mass is 583 g/mol. The number of ketones is 2. The number of hydrogen-bond donors (Lipinski definition) is 0. The summed E-state index contributed by atoms with van der Waals surface area (Å²) in [6.07, 6.45) is -0.992. The number of ether oxygens (including phenoxy) is 1. The van der Waals surface area contributed by atoms with Crippen LogP contribution in [0, 0.1) is 15.4 Å². The summed E-state index contributed by atoms with van der Waals surface area (Å²) in [5, 5.41) is 0.414. The highest BCUT2D eigenvalue weighted by Crippen LogP contribution is 2.58. The molecule has 3 aromatic carbocycles. The molecule has 34 heavy (non-hydrogen) atoms. The van der Waals surface area contributed by atoms with Crippen molar-refractivity contribution >= 4 is 63.3 Å². The fourth-order valence-electron chi connectivity index (χ4n) is 5.37. The van der Waals surface area contributed by atoms with Gasteiger partial charge in [-0.3, -0.25) is 19.2 Å². The number of amides is 2. The maximum absolute atomic E-state index is 13.9. The van der Waals surface area contributed by atoms with Crippen molar-refractivity contribution < 1.29 is 23.9 Å². The Labute approximate surface area is 213 Å². The van der Waals surface area contributed by atoms with E-state index in [1.165, 1.54) is 0 Å². The van der Waals surface area contributed by atoms with E-state index in [2.05, 4.69) is 22.6 Å². The molecule has 3 aliphatic rings. The van der Waals surface area contributed by atoms with Crippen molar-refractivity contribution in [3.63, 3.8) is 0 Å². The third-order valence-corrected chi connectivity index (χ3v) is 7.94. The summed E-state index contributed by atoms with van der Waals surface area (Å²) in [6, 6.07) is 20.1. The summed E-state index contributed by atoms with van der Waals surface area (Å²) >= 11 is 8.26. The number of imide groups is 1. The molecule has 1 aliphatic carbocycles. The van der Waals surface area contributed by atoms with Crippen LogP contribution in [0.15, 0.2) is 72.8 Å². The second-order valence-corrected chi connectivity index (χ2v) is 10.1. The second kappa shape index (κ2) is 7.56. The highest BCUT2D eigenvalue weighted by molar-refractivity contribution is 14.1. The lowest BCUT2D eigenvalue weighted by Crippen LogP contribution is -2.51. The van der Waals surface area contributed by atoms with Gasteiger partial charge in [0.15, 0.2) is 0 Å². The Morgan fingerprint density at radius 1 is 0.824 bits per heavy atom. The SMILES string of the molecule is O=C1[C@H]2[C@@H](C(=O)N1c1ccccc1I)C1(O[C@H]2c2cccc(Cl)c2)C(=O)c2ccccc2C1=O. The van der Waals surface area contributed by atoms with Gasteiger partial charge in [0.05, 0.1) is 23.6 Å². The molecule has 168 valence electrons. The number of carbonyl (C=O) groups excluding carboxylic acids is 4. The van der Waals surface area contributed by atoms with Crippen molar-refractivity contribution in [2.45, 2.75) is 11.7 Å². The zero-order valence-electron chi connectivity index (χ0n) is 17.4. The minimum atomic E-state index is -2.09. The number of halogens is 2. The van der Waals surface area contributed by atoms with Crippen LogP contribution in [0.3, 0.4) is 0 Å². The van der Waals surface area contributed by atoms with E-state index in [9.17, 15) is 19.2 Å². The Kier molecular flexibility index (Phi) is 4.81. The largest absolute Gasteiger partial charge is 0.349 e. The molecule has 0 saturated carbocycles. The third-order valence-electron chi connectivity index (χ3n) is 6.79. The van der Waals surface area contributed by atoms with Gasteiger partial charge in [-0.1, -0.05) is 60.1 Å². The molecule has 3 atom stereocenters. The number of Topliss-reactive ketones (excluding diaryl/α,β-unsaturated/α-hetero) is 2. The molecule has 2 heterocycles. The van der Waals surface area contributed by atoms with Crippen LogP contribution in [0.25, 0.3) is 0 Å². The number of hydrogen-bond acceptors (Lipinski definition) is 5. The molecule has 0 bridgehead atoms. The van der Waals surface area contributed by atoms with Gasteiger partial charge in [-0.15, -0.1) is 0 Å². The van der Waals surface area contributed by atoms with Crippen LogP contribution in [0.2, 0.25) is 5.02 Å². The Morgan fingerprint density at radius 2 is 1.47 bits per heavy atom. The fourth-order valence-corrected chi connectivity index (χ4v) is 6.20. The molecule has 2 fully saturated rings. The first-order valence-corrected chi connectivity index (χ1v) is 12.1. The second-order valence-electron chi connectivity index (χ2n) is 8.50. The minimum absolute atomic E-state index is 0.200. The van der Waals surface area contributed by atoms with Gasteiger partial charge in [0.25, 0.3) is 0 Å². The molecule has 0 unspecified atom stereocenters. The molecule has 1 spiro atoms. The molecule has 0 radical (unpaired) electrons. The van der Waals surface area contributed by atoms with Crippen LogP contribution in [0.5, 0.6) is 0 Å². The highest BCUT2D eigenvalue weighted by atomic mass is 127. The lowest BCUT2D eigenvalue weighted by atomic mass is 9.77. The summed E-state index contributed by atoms with van der Waals surface area (Å²) in [4.78, 5) is 56.2. The highest BCUT2D eigenvalue weighted by Gasteiger charge is 2.74. The normalized spacial score (nSPS) is 24.8. The first-order chi connectivity index (χ1) is 16.4. The van der Waals surface area contributed by atoms with Crippen molar-refractivity contribution in [3.8, 4) is 0 Å². The Morgan fingerprint density at radius 3 is 2.12 bits per heavy atom. The fraction of sp³-hybridized carbons (Fsp3) is 0.154. The van der Waals surface area contributed by atoms with Crippen molar-refractivity contribution in [2.75, 3.05) is 4.90 Å². The van der Waals surface area contributed by atoms with Crippen LogP contribution in [-0.2, 0) is 14.3 Å². The van der Waals surface area contributed by atoms with Crippen LogP contribution in [-0.4, -0.2) is 29.0 Å². The van der Waals surface area contributed by atoms with E-state index < -0.39 is 46.9 Å². The van der Waals surface area contributed by atoms with Gasteiger partial charge >= 0.3 is 0 Å². The molecule has 3 aromatic rings. The number of para-hydroxylation sites is 1. The summed E-state index contributed by atoms with van der Waals surface area (Å²) in [6.45, 7) is 0. The van der Waals surface area contributed by atoms with E-state index in [1.807, 2.05) is 0 Å². The van der Waals surface area contributed by atoms with Gasteiger partial charge in [-0.25, -0.2) is 4.90 Å². The summed E-state index contributed by atoms with van der Waals surface area (Å²) < 4.78 is 6.95. The molecular formula is C26H15ClINO5. The quantitative estimate of drug-likeness (QED) is 0.250. The third kappa shape index (κ3) is 2.71. The van der Waals surface area contributed by atoms with Crippen LogP contribution in [0.4, 0.5) is 5.69 Å². The average Bonchev–Trinajstić information content (AvgIpc) is 3.40. The Hall–Kier alpha value is -2.88. The van der Waals surface area contributed by atoms with E-state index in [0.717, 1.165) is 4.90 Å². The van der Waals surface area contributed by atoms with Gasteiger partial charge in [0, 0.05) is 19.7 Å². The molecular weight excluding hydrogens is 569 g/mol. The predicted octanol–water partition coefficient (Wildman–Crippen LogP) is 4.64. The lowest BCUT2D eigenvalue weighted by Gasteiger charge is -2.27. The van der Waals surface area contributed by atoms with Crippen molar-refractivity contribution in [1.29, 1.82) is 0 Å². The molecule has 2 amide bonds. The molecule has 6 rings (SSSR count). The average molecular weight is 584 g/mol. The van der Waals surface area contributed by atoms with Crippen LogP contribution in [0.1, 0.15) is 32.4 Å². The molecule has 0 N–H and O–H groups in total. The zero-order valence-corrected chi connectivity index (χ0v) is 20.3. The number of benzene rings is 3. The Bertz CT molecular complexity index is 1400. The number of carbonyl (C=O) groups is 4. The standard InChI is InChI=1S/C26H15ClINO5/c27-14-7-5-6-13(12-14)21-19-20(25(33)29(24(19)32)18-11-4-3-10-17(18)28)26(34-21)22(30)15-8-1-2-9-16(15)23(26)31/h1-12,19-21H/t19-,20-,21-/m0/s1. The zero-order chi connectivity index (χ0) is 23.8. The minimum Gasteiger partial charge on any atom is -0.349 e. The molecule has 0 aromatic heterocycles. The van der Waals surface area contributed by atoms with Gasteiger partial charge in [0.1, 0.15) is 0 Å². The van der Waals surface area contributed by atoms with E-state index in [-0.39, 0.29) is 11.1 Å². The first-order valence-electron chi connectivity index (χ1n) is 10.6. The van der Waals surface area contributed by atoms with Gasteiger partial charge in [-0.05, 0) is 52.4 Å². The van der Waals surface area contributed by atoms with Crippen molar-refractivity contribution in [2.24, 2.45) is 11.8 Å². The summed E-state index contributed by atoms with van der Waals surface area (Å²) in [5.41, 5.74) is -0.746. The maximum atomic E-state index is 13.9. The van der Waals surface area contributed by atoms with E-state index in [1.54, 1.807) is 72.8 Å². The number of nitrogens with zero attached hydrogens (tertiary/aromatic N) is 1. The molecule has 8 heteroatoms. The maximum Gasteiger partial charge on any atom is 0.241 e. The van der Waals surface area contributed by atoms with Crippen LogP contribution >= 0.6 is 34.2 Å². The van der Waals surface area contributed by atoms with Crippen molar-refractivity contribution in [3.05, 3.63) is 98.1 Å². The van der Waals surface area contributed by atoms with Gasteiger partial charge in [-0.2, -0.15) is 0 Å². The number of rotatable bonds is 2. The number of fused-ring (bicyclic) bond motifs is 3.